The average molecular weight is 319 g/mol. The summed E-state index contributed by atoms with van der Waals surface area (Å²) in [6.07, 6.45) is 1.19. The van der Waals surface area contributed by atoms with E-state index in [-0.39, 0.29) is 5.75 Å². The quantitative estimate of drug-likeness (QED) is 0.789. The van der Waals surface area contributed by atoms with Crippen LogP contribution >= 0.6 is 23.4 Å². The van der Waals surface area contributed by atoms with Gasteiger partial charge in [-0.2, -0.15) is 0 Å². The lowest BCUT2D eigenvalue weighted by Crippen LogP contribution is -2.04. The van der Waals surface area contributed by atoms with E-state index in [1.807, 2.05) is 6.07 Å². The lowest BCUT2D eigenvalue weighted by Gasteiger charge is -1.96. The minimum Gasteiger partial charge on any atom is -0.411 e. The molecule has 0 amide bonds. The van der Waals surface area contributed by atoms with E-state index in [0.717, 1.165) is 5.56 Å². The van der Waals surface area contributed by atoms with Crippen molar-refractivity contribution >= 4 is 33.2 Å². The minimum atomic E-state index is -2.97. The van der Waals surface area contributed by atoms with E-state index in [0.29, 0.717) is 21.9 Å². The number of nitrogens with zero attached hydrogens (tertiary/aromatic N) is 2. The Hall–Kier alpha value is -1.05. The van der Waals surface area contributed by atoms with E-state index in [1.165, 1.54) is 18.0 Å². The maximum Gasteiger partial charge on any atom is 0.276 e. The van der Waals surface area contributed by atoms with Crippen LogP contribution in [0.4, 0.5) is 0 Å². The van der Waals surface area contributed by atoms with Gasteiger partial charge in [-0.15, -0.1) is 10.2 Å². The molecule has 0 fully saturated rings. The molecule has 0 N–H and O–H groups in total. The lowest BCUT2D eigenvalue weighted by atomic mass is 10.2. The van der Waals surface area contributed by atoms with E-state index in [4.69, 9.17) is 16.0 Å². The highest BCUT2D eigenvalue weighted by Gasteiger charge is 2.10. The van der Waals surface area contributed by atoms with Crippen molar-refractivity contribution in [3.05, 3.63) is 29.3 Å². The molecule has 0 spiro atoms. The Labute approximate surface area is 120 Å². The Bertz CT molecular complexity index is 670. The van der Waals surface area contributed by atoms with Crippen molar-refractivity contribution in [3.63, 3.8) is 0 Å². The van der Waals surface area contributed by atoms with E-state index >= 15 is 0 Å². The van der Waals surface area contributed by atoms with Crippen LogP contribution in [0.25, 0.3) is 11.5 Å². The normalized spacial score (nSPS) is 11.7. The monoisotopic (exact) mass is 318 g/mol. The zero-order chi connectivity index (χ0) is 13.9. The Morgan fingerprint density at radius 1 is 1.37 bits per heavy atom. The molecule has 1 heterocycles. The first kappa shape index (κ1) is 14.4. The summed E-state index contributed by atoms with van der Waals surface area (Å²) >= 11 is 7.09. The molecule has 8 heteroatoms. The van der Waals surface area contributed by atoms with Gasteiger partial charge in [0.05, 0.1) is 5.75 Å². The molecule has 0 atom stereocenters. The lowest BCUT2D eigenvalue weighted by molar-refractivity contribution is 0.466. The zero-order valence-electron chi connectivity index (χ0n) is 10.0. The van der Waals surface area contributed by atoms with Crippen LogP contribution in [0.15, 0.2) is 33.9 Å². The van der Waals surface area contributed by atoms with Gasteiger partial charge < -0.3 is 4.42 Å². The molecule has 5 nitrogen and oxygen atoms in total. The number of benzene rings is 1. The van der Waals surface area contributed by atoms with Crippen molar-refractivity contribution < 1.29 is 12.8 Å². The van der Waals surface area contributed by atoms with Crippen molar-refractivity contribution in [2.45, 2.75) is 5.22 Å². The van der Waals surface area contributed by atoms with Crippen molar-refractivity contribution in [1.82, 2.24) is 10.2 Å². The highest BCUT2D eigenvalue weighted by atomic mass is 35.5. The number of aromatic nitrogens is 2. The average Bonchev–Trinajstić information content (AvgIpc) is 2.76. The van der Waals surface area contributed by atoms with Crippen molar-refractivity contribution in [2.24, 2.45) is 0 Å². The van der Waals surface area contributed by atoms with Gasteiger partial charge in [0.2, 0.25) is 5.89 Å². The summed E-state index contributed by atoms with van der Waals surface area (Å²) in [5.41, 5.74) is 0.731. The molecular formula is C11H11ClN2O3S2. The third kappa shape index (κ3) is 4.52. The van der Waals surface area contributed by atoms with E-state index < -0.39 is 9.84 Å². The van der Waals surface area contributed by atoms with Crippen LogP contribution < -0.4 is 0 Å². The Morgan fingerprint density at radius 3 is 2.84 bits per heavy atom. The summed E-state index contributed by atoms with van der Waals surface area (Å²) in [6.45, 7) is 0. The van der Waals surface area contributed by atoms with Crippen LogP contribution in [0.2, 0.25) is 5.02 Å². The molecule has 0 bridgehead atoms. The predicted molar refractivity (Wildman–Crippen MR) is 75.2 cm³/mol. The van der Waals surface area contributed by atoms with Gasteiger partial charge >= 0.3 is 0 Å². The summed E-state index contributed by atoms with van der Waals surface area (Å²) in [7, 11) is -2.97. The smallest absolute Gasteiger partial charge is 0.276 e. The van der Waals surface area contributed by atoms with Crippen molar-refractivity contribution in [1.29, 1.82) is 0 Å². The molecule has 0 aliphatic carbocycles. The topological polar surface area (TPSA) is 73.1 Å². The molecule has 0 aliphatic heterocycles. The van der Waals surface area contributed by atoms with Gasteiger partial charge in [-0.1, -0.05) is 29.4 Å². The fourth-order valence-corrected chi connectivity index (χ4v) is 3.43. The maximum absolute atomic E-state index is 11.0. The van der Waals surface area contributed by atoms with Gasteiger partial charge in [-0.25, -0.2) is 8.42 Å². The van der Waals surface area contributed by atoms with Gasteiger partial charge in [0.25, 0.3) is 5.22 Å². The second-order valence-corrected chi connectivity index (χ2v) is 7.60. The summed E-state index contributed by atoms with van der Waals surface area (Å²) in [5.74, 6) is 0.826. The Morgan fingerprint density at radius 2 is 2.16 bits per heavy atom. The van der Waals surface area contributed by atoms with Crippen LogP contribution in [-0.2, 0) is 9.84 Å². The van der Waals surface area contributed by atoms with E-state index in [1.54, 1.807) is 18.2 Å². The highest BCUT2D eigenvalue weighted by molar-refractivity contribution is 8.00. The summed E-state index contributed by atoms with van der Waals surface area (Å²) in [6, 6.07) is 7.08. The van der Waals surface area contributed by atoms with Crippen molar-refractivity contribution in [3.8, 4) is 11.5 Å². The number of halogens is 1. The number of sulfone groups is 1. The first-order chi connectivity index (χ1) is 8.94. The van der Waals surface area contributed by atoms with Gasteiger partial charge in [0, 0.05) is 22.6 Å². The van der Waals surface area contributed by atoms with Gasteiger partial charge in [-0.3, -0.25) is 0 Å². The van der Waals surface area contributed by atoms with Crippen LogP contribution in [-0.4, -0.2) is 36.4 Å². The fourth-order valence-electron chi connectivity index (χ4n) is 1.29. The molecule has 1 aromatic carbocycles. The number of hydrogen-bond acceptors (Lipinski definition) is 6. The first-order valence-electron chi connectivity index (χ1n) is 5.34. The van der Waals surface area contributed by atoms with Crippen LogP contribution in [0, 0.1) is 0 Å². The molecule has 0 unspecified atom stereocenters. The third-order valence-corrected chi connectivity index (χ3v) is 4.42. The van der Waals surface area contributed by atoms with Gasteiger partial charge in [-0.05, 0) is 18.2 Å². The molecular weight excluding hydrogens is 308 g/mol. The molecule has 19 heavy (non-hydrogen) atoms. The van der Waals surface area contributed by atoms with Gasteiger partial charge in [0.1, 0.15) is 9.84 Å². The zero-order valence-corrected chi connectivity index (χ0v) is 12.4. The summed E-state index contributed by atoms with van der Waals surface area (Å²) < 4.78 is 27.4. The standard InChI is InChI=1S/C11H11ClN2O3S2/c1-19(15,16)6-5-18-11-14-13-10(17-11)8-3-2-4-9(12)7-8/h2-4,7H,5-6H2,1H3. The van der Waals surface area contributed by atoms with E-state index in [9.17, 15) is 8.42 Å². The number of thioether (sulfide) groups is 1. The highest BCUT2D eigenvalue weighted by Crippen LogP contribution is 2.25. The predicted octanol–water partition coefficient (Wildman–Crippen LogP) is 2.53. The molecule has 0 aliphatic rings. The molecule has 1 aromatic heterocycles. The molecule has 2 rings (SSSR count). The molecule has 2 aromatic rings. The Kier molecular flexibility index (Phi) is 4.49. The molecule has 102 valence electrons. The van der Waals surface area contributed by atoms with Crippen LogP contribution in [0.1, 0.15) is 0 Å². The number of hydrogen-bond donors (Lipinski definition) is 0. The maximum atomic E-state index is 11.0. The van der Waals surface area contributed by atoms with Crippen LogP contribution in [0.5, 0.6) is 0 Å². The second-order valence-electron chi connectivity index (χ2n) is 3.86. The SMILES string of the molecule is CS(=O)(=O)CCSc1nnc(-c2cccc(Cl)c2)o1. The second kappa shape index (κ2) is 5.94. The first-order valence-corrected chi connectivity index (χ1v) is 8.76. The summed E-state index contributed by atoms with van der Waals surface area (Å²) in [5, 5.41) is 8.68. The number of rotatable bonds is 5. The molecule has 0 saturated carbocycles. The third-order valence-electron chi connectivity index (χ3n) is 2.16. The minimum absolute atomic E-state index is 0.0759. The largest absolute Gasteiger partial charge is 0.411 e. The fraction of sp³-hybridized carbons (Fsp3) is 0.273. The van der Waals surface area contributed by atoms with Gasteiger partial charge in [0.15, 0.2) is 0 Å². The summed E-state index contributed by atoms with van der Waals surface area (Å²) in [4.78, 5) is 0. The van der Waals surface area contributed by atoms with E-state index in [2.05, 4.69) is 10.2 Å². The molecule has 0 radical (unpaired) electrons. The molecule has 0 saturated heterocycles. The van der Waals surface area contributed by atoms with Crippen LogP contribution in [0.3, 0.4) is 0 Å². The van der Waals surface area contributed by atoms with Crippen molar-refractivity contribution in [2.75, 3.05) is 17.8 Å². The Balaban J connectivity index is 2.03.